The Morgan fingerprint density at radius 2 is 1.79 bits per heavy atom. The Labute approximate surface area is 88.8 Å². The van der Waals surface area contributed by atoms with Gasteiger partial charge in [-0.1, -0.05) is 45.3 Å². The van der Waals surface area contributed by atoms with Crippen molar-refractivity contribution in [3.8, 4) is 0 Å². The molecule has 14 heavy (non-hydrogen) atoms. The lowest BCUT2D eigenvalue weighted by molar-refractivity contribution is 0.243. The van der Waals surface area contributed by atoms with Gasteiger partial charge in [-0.05, 0) is 42.9 Å². The van der Waals surface area contributed by atoms with Crippen molar-refractivity contribution in [3.05, 3.63) is 11.6 Å². The second-order valence-corrected chi connectivity index (χ2v) is 6.19. The molecule has 0 saturated heterocycles. The van der Waals surface area contributed by atoms with Crippen LogP contribution in [0.5, 0.6) is 0 Å². The van der Waals surface area contributed by atoms with E-state index >= 15 is 0 Å². The van der Waals surface area contributed by atoms with Crippen LogP contribution in [0.15, 0.2) is 11.6 Å². The molecule has 0 aromatic heterocycles. The molecule has 0 radical (unpaired) electrons. The van der Waals surface area contributed by atoms with E-state index in [0.717, 1.165) is 11.8 Å². The maximum absolute atomic E-state index is 2.63. The summed E-state index contributed by atoms with van der Waals surface area (Å²) in [6.45, 7) is 7.09. The fourth-order valence-electron chi connectivity index (χ4n) is 3.12. The zero-order valence-corrected chi connectivity index (χ0v) is 9.97. The van der Waals surface area contributed by atoms with Gasteiger partial charge in [-0.25, -0.2) is 0 Å². The molecular formula is C14H24. The van der Waals surface area contributed by atoms with Crippen LogP contribution in [0.1, 0.15) is 59.3 Å². The molecule has 0 aliphatic heterocycles. The quantitative estimate of drug-likeness (QED) is 0.494. The van der Waals surface area contributed by atoms with Crippen LogP contribution in [0.2, 0.25) is 0 Å². The van der Waals surface area contributed by atoms with Gasteiger partial charge in [0.25, 0.3) is 0 Å². The second-order valence-electron chi connectivity index (χ2n) is 6.19. The lowest BCUT2D eigenvalue weighted by atomic mass is 9.68. The summed E-state index contributed by atoms with van der Waals surface area (Å²) in [5.41, 5.74) is 2.14. The van der Waals surface area contributed by atoms with Gasteiger partial charge in [0, 0.05) is 0 Å². The van der Waals surface area contributed by atoms with Crippen LogP contribution < -0.4 is 0 Å². The van der Waals surface area contributed by atoms with E-state index in [4.69, 9.17) is 0 Å². The Kier molecular flexibility index (Phi) is 2.72. The van der Waals surface area contributed by atoms with Crippen LogP contribution in [-0.2, 0) is 0 Å². The Bertz CT molecular complexity index is 229. The third-order valence-corrected chi connectivity index (χ3v) is 4.13. The summed E-state index contributed by atoms with van der Waals surface area (Å²) in [4.78, 5) is 0. The molecule has 1 saturated carbocycles. The minimum atomic E-state index is 0.419. The molecule has 1 fully saturated rings. The van der Waals surface area contributed by atoms with Gasteiger partial charge in [0.1, 0.15) is 0 Å². The molecule has 0 heteroatoms. The van der Waals surface area contributed by atoms with Crippen molar-refractivity contribution >= 4 is 0 Å². The van der Waals surface area contributed by atoms with Crippen LogP contribution in [-0.4, -0.2) is 0 Å². The highest BCUT2D eigenvalue weighted by atomic mass is 14.4. The van der Waals surface area contributed by atoms with E-state index in [-0.39, 0.29) is 0 Å². The van der Waals surface area contributed by atoms with Crippen LogP contribution in [0, 0.1) is 17.3 Å². The van der Waals surface area contributed by atoms with Crippen LogP contribution >= 0.6 is 0 Å². The SMILES string of the molecule is CC(C)(C)C1=CC2CCCCC2CC1. The Morgan fingerprint density at radius 1 is 1.07 bits per heavy atom. The highest BCUT2D eigenvalue weighted by Gasteiger charge is 2.30. The lowest BCUT2D eigenvalue weighted by Gasteiger charge is -2.37. The molecule has 2 aliphatic carbocycles. The van der Waals surface area contributed by atoms with E-state index in [1.54, 1.807) is 5.57 Å². The second kappa shape index (κ2) is 3.72. The normalized spacial score (nSPS) is 33.5. The Hall–Kier alpha value is -0.260. The van der Waals surface area contributed by atoms with Crippen molar-refractivity contribution in [2.24, 2.45) is 17.3 Å². The van der Waals surface area contributed by atoms with Gasteiger partial charge >= 0.3 is 0 Å². The minimum absolute atomic E-state index is 0.419. The van der Waals surface area contributed by atoms with E-state index in [1.807, 2.05) is 0 Å². The summed E-state index contributed by atoms with van der Waals surface area (Å²) >= 11 is 0. The lowest BCUT2D eigenvalue weighted by Crippen LogP contribution is -2.25. The van der Waals surface area contributed by atoms with Crippen LogP contribution in [0.4, 0.5) is 0 Å². The van der Waals surface area contributed by atoms with Gasteiger partial charge < -0.3 is 0 Å². The summed E-state index contributed by atoms with van der Waals surface area (Å²) in [6, 6.07) is 0. The monoisotopic (exact) mass is 192 g/mol. The molecule has 0 heterocycles. The molecule has 0 nitrogen and oxygen atoms in total. The third-order valence-electron chi connectivity index (χ3n) is 4.13. The molecule has 2 aliphatic rings. The molecule has 2 unspecified atom stereocenters. The Balaban J connectivity index is 2.12. The average Bonchev–Trinajstić information content (AvgIpc) is 2.16. The molecular weight excluding hydrogens is 168 g/mol. The van der Waals surface area contributed by atoms with Crippen molar-refractivity contribution in [1.29, 1.82) is 0 Å². The van der Waals surface area contributed by atoms with Crippen LogP contribution in [0.25, 0.3) is 0 Å². The standard InChI is InChI=1S/C14H24/c1-14(2,3)13-9-8-11-6-4-5-7-12(11)10-13/h10-12H,4-9H2,1-3H3. The first kappa shape index (κ1) is 10.3. The van der Waals surface area contributed by atoms with Crippen LogP contribution in [0.3, 0.4) is 0 Å². The van der Waals surface area contributed by atoms with Crippen molar-refractivity contribution in [2.45, 2.75) is 59.3 Å². The molecule has 2 rings (SSSR count). The number of fused-ring (bicyclic) bond motifs is 1. The summed E-state index contributed by atoms with van der Waals surface area (Å²) < 4.78 is 0. The van der Waals surface area contributed by atoms with Gasteiger partial charge in [0.15, 0.2) is 0 Å². The first-order valence-electron chi connectivity index (χ1n) is 6.28. The van der Waals surface area contributed by atoms with Crippen molar-refractivity contribution < 1.29 is 0 Å². The Morgan fingerprint density at radius 3 is 2.50 bits per heavy atom. The third kappa shape index (κ3) is 2.04. The molecule has 0 aromatic rings. The molecule has 0 aromatic carbocycles. The smallest absolute Gasteiger partial charge is 0.0173 e. The minimum Gasteiger partial charge on any atom is -0.0814 e. The van der Waals surface area contributed by atoms with Crippen molar-refractivity contribution in [3.63, 3.8) is 0 Å². The first-order chi connectivity index (χ1) is 6.57. The van der Waals surface area contributed by atoms with E-state index < -0.39 is 0 Å². The molecule has 0 spiro atoms. The first-order valence-corrected chi connectivity index (χ1v) is 6.28. The van der Waals surface area contributed by atoms with Crippen molar-refractivity contribution in [1.82, 2.24) is 0 Å². The molecule has 2 atom stereocenters. The largest absolute Gasteiger partial charge is 0.0814 e. The molecule has 0 amide bonds. The number of hydrogen-bond donors (Lipinski definition) is 0. The molecule has 0 N–H and O–H groups in total. The van der Waals surface area contributed by atoms with E-state index in [1.165, 1.54) is 38.5 Å². The fraction of sp³-hybridized carbons (Fsp3) is 0.857. The predicted octanol–water partition coefficient (Wildman–Crippen LogP) is 4.56. The zero-order valence-electron chi connectivity index (χ0n) is 9.97. The van der Waals surface area contributed by atoms with Crippen molar-refractivity contribution in [2.75, 3.05) is 0 Å². The van der Waals surface area contributed by atoms with Gasteiger partial charge in [0.2, 0.25) is 0 Å². The highest BCUT2D eigenvalue weighted by molar-refractivity contribution is 5.16. The predicted molar refractivity (Wildman–Crippen MR) is 62.2 cm³/mol. The molecule has 0 bridgehead atoms. The van der Waals surface area contributed by atoms with Gasteiger partial charge in [-0.3, -0.25) is 0 Å². The average molecular weight is 192 g/mol. The summed E-state index contributed by atoms with van der Waals surface area (Å²) in [5.74, 6) is 1.97. The maximum atomic E-state index is 2.63. The molecule has 80 valence electrons. The fourth-order valence-corrected chi connectivity index (χ4v) is 3.12. The summed E-state index contributed by atoms with van der Waals surface area (Å²) in [5, 5.41) is 0. The van der Waals surface area contributed by atoms with Gasteiger partial charge in [0.05, 0.1) is 0 Å². The van der Waals surface area contributed by atoms with E-state index in [9.17, 15) is 0 Å². The highest BCUT2D eigenvalue weighted by Crippen LogP contribution is 2.43. The zero-order chi connectivity index (χ0) is 10.2. The van der Waals surface area contributed by atoms with E-state index in [2.05, 4.69) is 26.8 Å². The van der Waals surface area contributed by atoms with E-state index in [0.29, 0.717) is 5.41 Å². The topological polar surface area (TPSA) is 0 Å². The van der Waals surface area contributed by atoms with Gasteiger partial charge in [-0.2, -0.15) is 0 Å². The number of rotatable bonds is 0. The number of allylic oxidation sites excluding steroid dienone is 2. The number of hydrogen-bond acceptors (Lipinski definition) is 0. The summed E-state index contributed by atoms with van der Waals surface area (Å²) in [6.07, 6.45) is 11.4. The summed E-state index contributed by atoms with van der Waals surface area (Å²) in [7, 11) is 0. The maximum Gasteiger partial charge on any atom is -0.0173 e. The van der Waals surface area contributed by atoms with Gasteiger partial charge in [-0.15, -0.1) is 0 Å².